The van der Waals surface area contributed by atoms with Crippen LogP contribution < -0.4 is 11.5 Å². The lowest BCUT2D eigenvalue weighted by atomic mass is 10.0. The van der Waals surface area contributed by atoms with Crippen LogP contribution in [0.1, 0.15) is 25.7 Å². The van der Waals surface area contributed by atoms with Crippen molar-refractivity contribution in [2.24, 2.45) is 23.3 Å². The number of hydrogen-bond donors (Lipinski definition) is 2. The molecular weight excluding hydrogens is 252 g/mol. The smallest absolute Gasteiger partial charge is 0.220 e. The van der Waals surface area contributed by atoms with Gasteiger partial charge in [-0.05, 0) is 25.7 Å². The van der Waals surface area contributed by atoms with Crippen LogP contribution in [-0.2, 0) is 14.3 Å². The number of ether oxygens (including phenoxy) is 2. The van der Waals surface area contributed by atoms with Gasteiger partial charge in [-0.1, -0.05) is 12.2 Å². The summed E-state index contributed by atoms with van der Waals surface area (Å²) in [6.07, 6.45) is 3.62. The highest BCUT2D eigenvalue weighted by molar-refractivity contribution is 7.80. The van der Waals surface area contributed by atoms with Gasteiger partial charge in [0.15, 0.2) is 0 Å². The minimum Gasteiger partial charge on any atom is -0.393 e. The Labute approximate surface area is 113 Å². The largest absolute Gasteiger partial charge is 0.393 e. The topological polar surface area (TPSA) is 87.6 Å². The van der Waals surface area contributed by atoms with Crippen molar-refractivity contribution in [1.82, 2.24) is 0 Å². The van der Waals surface area contributed by atoms with Gasteiger partial charge in [0.25, 0.3) is 0 Å². The van der Waals surface area contributed by atoms with E-state index in [1.165, 1.54) is 0 Å². The predicted molar refractivity (Wildman–Crippen MR) is 73.1 cm³/mol. The van der Waals surface area contributed by atoms with Crippen molar-refractivity contribution in [2.45, 2.75) is 25.7 Å². The molecule has 0 aromatic heterocycles. The first kappa shape index (κ1) is 15.3. The Morgan fingerprint density at radius 3 is 1.50 bits per heavy atom. The van der Waals surface area contributed by atoms with Gasteiger partial charge < -0.3 is 20.9 Å². The van der Waals surface area contributed by atoms with Gasteiger partial charge >= 0.3 is 0 Å². The summed E-state index contributed by atoms with van der Waals surface area (Å²) in [7, 11) is 0. The zero-order valence-electron chi connectivity index (χ0n) is 10.6. The fraction of sp³-hybridized carbons (Fsp3) is 0.833. The molecule has 1 amide bonds. The van der Waals surface area contributed by atoms with Crippen LogP contribution >= 0.6 is 12.2 Å². The molecule has 0 radical (unpaired) electrons. The Balaban J connectivity index is 0.000000180. The van der Waals surface area contributed by atoms with Gasteiger partial charge in [-0.3, -0.25) is 4.79 Å². The summed E-state index contributed by atoms with van der Waals surface area (Å²) >= 11 is 4.84. The van der Waals surface area contributed by atoms with Crippen molar-refractivity contribution in [2.75, 3.05) is 26.4 Å². The summed E-state index contributed by atoms with van der Waals surface area (Å²) in [5.74, 6) is 0.325. The average Bonchev–Trinajstić information content (AvgIpc) is 2.41. The molecule has 2 fully saturated rings. The van der Waals surface area contributed by atoms with E-state index in [2.05, 4.69) is 0 Å². The lowest BCUT2D eigenvalue weighted by Gasteiger charge is -2.20. The quantitative estimate of drug-likeness (QED) is 0.720. The van der Waals surface area contributed by atoms with E-state index in [0.29, 0.717) is 24.1 Å². The first-order chi connectivity index (χ1) is 8.61. The van der Waals surface area contributed by atoms with Gasteiger partial charge in [0, 0.05) is 38.3 Å². The van der Waals surface area contributed by atoms with Crippen molar-refractivity contribution >= 4 is 23.1 Å². The van der Waals surface area contributed by atoms with Crippen LogP contribution in [0.15, 0.2) is 0 Å². The molecule has 0 spiro atoms. The minimum absolute atomic E-state index is 0.0683. The van der Waals surface area contributed by atoms with Crippen LogP contribution in [0.2, 0.25) is 0 Å². The van der Waals surface area contributed by atoms with E-state index in [0.717, 1.165) is 38.9 Å². The molecule has 18 heavy (non-hydrogen) atoms. The second kappa shape index (κ2) is 8.39. The van der Waals surface area contributed by atoms with Gasteiger partial charge in [-0.2, -0.15) is 0 Å². The Kier molecular flexibility index (Phi) is 7.15. The summed E-state index contributed by atoms with van der Waals surface area (Å²) in [5, 5.41) is 0. The Bertz CT molecular complexity index is 246. The molecule has 0 bridgehead atoms. The number of carbonyl (C=O) groups is 1. The Morgan fingerprint density at radius 2 is 1.28 bits per heavy atom. The zero-order chi connectivity index (χ0) is 13.4. The molecule has 0 aromatic rings. The van der Waals surface area contributed by atoms with Gasteiger partial charge in [0.2, 0.25) is 5.91 Å². The number of nitrogens with two attached hydrogens (primary N) is 2. The normalized spacial score (nSPS) is 21.8. The van der Waals surface area contributed by atoms with E-state index in [4.69, 9.17) is 33.2 Å². The van der Waals surface area contributed by atoms with E-state index in [1.807, 2.05) is 0 Å². The maximum atomic E-state index is 10.5. The highest BCUT2D eigenvalue weighted by atomic mass is 32.1. The molecule has 0 unspecified atom stereocenters. The lowest BCUT2D eigenvalue weighted by Crippen LogP contribution is -2.28. The van der Waals surface area contributed by atoms with Gasteiger partial charge in [0.1, 0.15) is 0 Å². The van der Waals surface area contributed by atoms with Crippen LogP contribution in [0.25, 0.3) is 0 Å². The number of primary amides is 1. The van der Waals surface area contributed by atoms with E-state index < -0.39 is 0 Å². The summed E-state index contributed by atoms with van der Waals surface area (Å²) < 4.78 is 10.2. The summed E-state index contributed by atoms with van der Waals surface area (Å²) in [4.78, 5) is 11.2. The van der Waals surface area contributed by atoms with Crippen LogP contribution in [-0.4, -0.2) is 37.3 Å². The van der Waals surface area contributed by atoms with Crippen molar-refractivity contribution in [3.05, 3.63) is 0 Å². The predicted octanol–water partition coefficient (Wildman–Crippen LogP) is 0.597. The van der Waals surface area contributed by atoms with Crippen molar-refractivity contribution in [3.8, 4) is 0 Å². The molecule has 5 nitrogen and oxygen atoms in total. The molecule has 0 aromatic carbocycles. The van der Waals surface area contributed by atoms with Gasteiger partial charge in [0.05, 0.1) is 4.99 Å². The molecule has 2 heterocycles. The maximum Gasteiger partial charge on any atom is 0.220 e. The van der Waals surface area contributed by atoms with E-state index >= 15 is 0 Å². The average molecular weight is 274 g/mol. The summed E-state index contributed by atoms with van der Waals surface area (Å²) in [6.45, 7) is 3.02. The van der Waals surface area contributed by atoms with Crippen LogP contribution in [0, 0.1) is 11.8 Å². The lowest BCUT2D eigenvalue weighted by molar-refractivity contribution is -0.124. The molecule has 0 aliphatic carbocycles. The maximum absolute atomic E-state index is 10.5. The summed E-state index contributed by atoms with van der Waals surface area (Å²) in [6, 6.07) is 0. The van der Waals surface area contributed by atoms with E-state index in [1.54, 1.807) is 0 Å². The number of hydrogen-bond acceptors (Lipinski definition) is 4. The molecule has 0 atom stereocenters. The first-order valence-corrected chi connectivity index (χ1v) is 6.76. The number of carbonyl (C=O) groups excluding carboxylic acids is 1. The fourth-order valence-electron chi connectivity index (χ4n) is 1.96. The minimum atomic E-state index is -0.182. The van der Waals surface area contributed by atoms with Crippen molar-refractivity contribution < 1.29 is 14.3 Å². The monoisotopic (exact) mass is 274 g/mol. The third-order valence-corrected chi connectivity index (χ3v) is 3.58. The molecule has 104 valence electrons. The number of thiocarbonyl (C=S) groups is 1. The Hall–Kier alpha value is -0.720. The van der Waals surface area contributed by atoms with E-state index in [9.17, 15) is 4.79 Å². The van der Waals surface area contributed by atoms with Crippen molar-refractivity contribution in [1.29, 1.82) is 0 Å². The molecule has 2 aliphatic rings. The third kappa shape index (κ3) is 5.75. The Morgan fingerprint density at radius 1 is 0.889 bits per heavy atom. The van der Waals surface area contributed by atoms with Crippen LogP contribution in [0.3, 0.4) is 0 Å². The second-order valence-electron chi connectivity index (χ2n) is 4.58. The molecule has 2 saturated heterocycles. The molecular formula is C12H22N2O3S. The SMILES string of the molecule is NC(=O)C1CCOCC1.NC(=S)C1CCOCC1. The van der Waals surface area contributed by atoms with Gasteiger partial charge in [-0.15, -0.1) is 0 Å². The third-order valence-electron chi connectivity index (χ3n) is 3.25. The highest BCUT2D eigenvalue weighted by Gasteiger charge is 2.18. The summed E-state index contributed by atoms with van der Waals surface area (Å²) in [5.41, 5.74) is 10.5. The molecule has 2 rings (SSSR count). The molecule has 2 aliphatic heterocycles. The standard InChI is InChI=1S/C6H11NO2.C6H11NOS/c7-6(8)5-1-3-9-4-2-5;7-6(9)5-1-3-8-4-2-5/h5H,1-4H2,(H2,7,8);5H,1-4H2,(H2,7,9). The molecule has 6 heteroatoms. The number of rotatable bonds is 2. The van der Waals surface area contributed by atoms with Crippen LogP contribution in [0.5, 0.6) is 0 Å². The van der Waals surface area contributed by atoms with Crippen molar-refractivity contribution in [3.63, 3.8) is 0 Å². The fourth-order valence-corrected chi connectivity index (χ4v) is 2.20. The van der Waals surface area contributed by atoms with E-state index in [-0.39, 0.29) is 11.8 Å². The molecule has 4 N–H and O–H groups in total. The van der Waals surface area contributed by atoms with Gasteiger partial charge in [-0.25, -0.2) is 0 Å². The molecule has 0 saturated carbocycles. The first-order valence-electron chi connectivity index (χ1n) is 6.35. The van der Waals surface area contributed by atoms with Crippen LogP contribution in [0.4, 0.5) is 0 Å². The number of amides is 1. The zero-order valence-corrected chi connectivity index (χ0v) is 11.4. The highest BCUT2D eigenvalue weighted by Crippen LogP contribution is 2.14. The second-order valence-corrected chi connectivity index (χ2v) is 5.05.